The van der Waals surface area contributed by atoms with Gasteiger partial charge >= 0.3 is 0 Å². The van der Waals surface area contributed by atoms with Gasteiger partial charge in [-0.3, -0.25) is 4.79 Å². The highest BCUT2D eigenvalue weighted by Crippen LogP contribution is 2.55. The zero-order valence-corrected chi connectivity index (χ0v) is 21.5. The molecule has 1 spiro atoms. The lowest BCUT2D eigenvalue weighted by molar-refractivity contribution is -0.132. The smallest absolute Gasteiger partial charge is 0.222 e. The van der Waals surface area contributed by atoms with Gasteiger partial charge in [0.05, 0.1) is 4.90 Å². The molecule has 0 aromatic heterocycles. The van der Waals surface area contributed by atoms with Crippen LogP contribution in [0, 0.1) is 0 Å². The van der Waals surface area contributed by atoms with Gasteiger partial charge in [0, 0.05) is 42.1 Å². The molecule has 7 heteroatoms. The number of Topliss-reactive ketones (excluding diaryl/α,β-unsaturated/α-hetero) is 1. The minimum atomic E-state index is -3.32. The topological polar surface area (TPSA) is 71.5 Å². The third-order valence-electron chi connectivity index (χ3n) is 7.24. The van der Waals surface area contributed by atoms with Crippen molar-refractivity contribution in [1.82, 2.24) is 4.90 Å². The molecule has 0 N–H and O–H groups in total. The number of sulfone groups is 1. The van der Waals surface area contributed by atoms with Crippen LogP contribution >= 0.6 is 15.9 Å². The lowest BCUT2D eigenvalue weighted by atomic mass is 9.73. The van der Waals surface area contributed by atoms with Gasteiger partial charge in [-0.15, -0.1) is 0 Å². The number of likely N-dealkylation sites (tertiary alicyclic amines) is 1. The largest absolute Gasteiger partial charge is 0.343 e. The van der Waals surface area contributed by atoms with Crippen LogP contribution in [0.5, 0.6) is 0 Å². The van der Waals surface area contributed by atoms with E-state index in [2.05, 4.69) is 28.1 Å². The van der Waals surface area contributed by atoms with Crippen LogP contribution in [-0.4, -0.2) is 44.4 Å². The zero-order chi connectivity index (χ0) is 23.8. The quantitative estimate of drug-likeness (QED) is 0.536. The van der Waals surface area contributed by atoms with Gasteiger partial charge in [0.1, 0.15) is 5.78 Å². The molecular formula is C26H30BrNO4S. The van der Waals surface area contributed by atoms with Gasteiger partial charge in [-0.2, -0.15) is 0 Å². The maximum Gasteiger partial charge on any atom is 0.222 e. The summed E-state index contributed by atoms with van der Waals surface area (Å²) in [5.74, 6) is 0.522. The van der Waals surface area contributed by atoms with E-state index in [1.54, 1.807) is 25.1 Å². The van der Waals surface area contributed by atoms with Crippen LogP contribution in [0.3, 0.4) is 0 Å². The molecule has 0 radical (unpaired) electrons. The first-order valence-electron chi connectivity index (χ1n) is 11.4. The Morgan fingerprint density at radius 2 is 1.79 bits per heavy atom. The predicted octanol–water partition coefficient (Wildman–Crippen LogP) is 4.81. The van der Waals surface area contributed by atoms with E-state index in [4.69, 9.17) is 0 Å². The van der Waals surface area contributed by atoms with Crippen LogP contribution < -0.4 is 0 Å². The Bertz CT molecular complexity index is 1180. The Morgan fingerprint density at radius 3 is 2.45 bits per heavy atom. The standard InChI is InChI=1S/C26H30BrNO4S/c1-18(29)16-20-17-26(25-21(20)7-5-8-22(25)27)12-14-28(15-13-26)24(30)11-10-19-6-3-4-9-23(19)33(2,31)32/h3-9,20H,10-17H2,1-2H3. The molecule has 1 atom stereocenters. The van der Waals surface area contributed by atoms with E-state index in [1.165, 1.54) is 17.4 Å². The van der Waals surface area contributed by atoms with E-state index in [1.807, 2.05) is 17.0 Å². The van der Waals surface area contributed by atoms with Gasteiger partial charge in [-0.1, -0.05) is 46.3 Å². The average Bonchev–Trinajstić information content (AvgIpc) is 3.05. The van der Waals surface area contributed by atoms with Crippen LogP contribution in [-0.2, 0) is 31.3 Å². The molecule has 2 aliphatic rings. The first-order valence-corrected chi connectivity index (χ1v) is 14.1. The minimum Gasteiger partial charge on any atom is -0.343 e. The number of hydrogen-bond donors (Lipinski definition) is 0. The molecule has 4 rings (SSSR count). The number of piperidine rings is 1. The third kappa shape index (κ3) is 4.94. The van der Waals surface area contributed by atoms with Gasteiger partial charge < -0.3 is 9.69 Å². The van der Waals surface area contributed by atoms with E-state index in [-0.39, 0.29) is 23.0 Å². The van der Waals surface area contributed by atoms with Gasteiger partial charge in [0.15, 0.2) is 9.84 Å². The van der Waals surface area contributed by atoms with Crippen molar-refractivity contribution in [2.24, 2.45) is 0 Å². The van der Waals surface area contributed by atoms with Crippen molar-refractivity contribution in [2.75, 3.05) is 19.3 Å². The molecule has 1 saturated heterocycles. The number of rotatable bonds is 6. The molecule has 33 heavy (non-hydrogen) atoms. The van der Waals surface area contributed by atoms with Gasteiger partial charge in [0.2, 0.25) is 5.91 Å². The van der Waals surface area contributed by atoms with E-state index in [0.29, 0.717) is 42.8 Å². The molecule has 5 nitrogen and oxygen atoms in total. The Morgan fingerprint density at radius 1 is 1.09 bits per heavy atom. The number of halogens is 1. The Labute approximate surface area is 204 Å². The van der Waals surface area contributed by atoms with Crippen molar-refractivity contribution in [2.45, 2.75) is 61.7 Å². The molecule has 2 aromatic rings. The van der Waals surface area contributed by atoms with Crippen molar-refractivity contribution in [3.8, 4) is 0 Å². The van der Waals surface area contributed by atoms with Crippen LogP contribution in [0.4, 0.5) is 0 Å². The Balaban J connectivity index is 1.44. The summed E-state index contributed by atoms with van der Waals surface area (Å²) in [6, 6.07) is 13.2. The second kappa shape index (κ2) is 9.34. The molecule has 1 amide bonds. The maximum absolute atomic E-state index is 13.0. The van der Waals surface area contributed by atoms with E-state index < -0.39 is 9.84 Å². The second-order valence-corrected chi connectivity index (χ2v) is 12.4. The number of carbonyl (C=O) groups excluding carboxylic acids is 2. The van der Waals surface area contributed by atoms with Gasteiger partial charge in [-0.25, -0.2) is 8.42 Å². The average molecular weight is 533 g/mol. The van der Waals surface area contributed by atoms with Crippen LogP contribution in [0.1, 0.15) is 61.6 Å². The summed E-state index contributed by atoms with van der Waals surface area (Å²) in [6.07, 6.45) is 5.19. The van der Waals surface area contributed by atoms with E-state index in [9.17, 15) is 18.0 Å². The number of carbonyl (C=O) groups is 2. The van der Waals surface area contributed by atoms with Crippen LogP contribution in [0.25, 0.3) is 0 Å². The highest BCUT2D eigenvalue weighted by atomic mass is 79.9. The lowest BCUT2D eigenvalue weighted by Gasteiger charge is -2.41. The van der Waals surface area contributed by atoms with Gasteiger partial charge in [0.25, 0.3) is 0 Å². The zero-order valence-electron chi connectivity index (χ0n) is 19.1. The highest BCUT2D eigenvalue weighted by molar-refractivity contribution is 9.10. The van der Waals surface area contributed by atoms with E-state index in [0.717, 1.165) is 23.7 Å². The van der Waals surface area contributed by atoms with Crippen LogP contribution in [0.2, 0.25) is 0 Å². The maximum atomic E-state index is 13.0. The summed E-state index contributed by atoms with van der Waals surface area (Å²) in [6.45, 7) is 3.02. The lowest BCUT2D eigenvalue weighted by Crippen LogP contribution is -2.44. The number of nitrogens with zero attached hydrogens (tertiary/aromatic N) is 1. The summed E-state index contributed by atoms with van der Waals surface area (Å²) in [5.41, 5.74) is 3.29. The summed E-state index contributed by atoms with van der Waals surface area (Å²) < 4.78 is 25.2. The normalized spacial score (nSPS) is 19.5. The van der Waals surface area contributed by atoms with E-state index >= 15 is 0 Å². The first-order chi connectivity index (χ1) is 15.6. The molecule has 1 aliphatic carbocycles. The fourth-order valence-corrected chi connectivity index (χ4v) is 7.54. The number of fused-ring (bicyclic) bond motifs is 2. The monoisotopic (exact) mass is 531 g/mol. The third-order valence-corrected chi connectivity index (χ3v) is 9.10. The molecule has 1 unspecified atom stereocenters. The van der Waals surface area contributed by atoms with Gasteiger partial charge in [-0.05, 0) is 67.3 Å². The summed E-state index contributed by atoms with van der Waals surface area (Å²) >= 11 is 3.75. The molecule has 176 valence electrons. The molecule has 0 saturated carbocycles. The molecule has 1 heterocycles. The molecule has 0 bridgehead atoms. The fourth-order valence-electron chi connectivity index (χ4n) is 5.76. The molecular weight excluding hydrogens is 502 g/mol. The number of amides is 1. The SMILES string of the molecule is CC(=O)CC1CC2(CCN(C(=O)CCc3ccccc3S(C)(=O)=O)CC2)c2c(Br)cccc21. The Kier molecular flexibility index (Phi) is 6.83. The number of ketones is 1. The highest BCUT2D eigenvalue weighted by Gasteiger charge is 2.47. The number of benzene rings is 2. The second-order valence-electron chi connectivity index (χ2n) is 9.55. The van der Waals surface area contributed by atoms with Crippen molar-refractivity contribution in [1.29, 1.82) is 0 Å². The number of hydrogen-bond acceptors (Lipinski definition) is 4. The van der Waals surface area contributed by atoms with Crippen molar-refractivity contribution in [3.05, 3.63) is 63.6 Å². The summed E-state index contributed by atoms with van der Waals surface area (Å²) in [4.78, 5) is 27.1. The molecule has 1 fully saturated rings. The van der Waals surface area contributed by atoms with Crippen molar-refractivity contribution >= 4 is 37.5 Å². The summed E-state index contributed by atoms with van der Waals surface area (Å²) in [7, 11) is -3.32. The minimum absolute atomic E-state index is 0.00475. The first kappa shape index (κ1) is 24.1. The Hall–Kier alpha value is -1.99. The van der Waals surface area contributed by atoms with Crippen LogP contribution in [0.15, 0.2) is 51.8 Å². The van der Waals surface area contributed by atoms with Crippen molar-refractivity contribution < 1.29 is 18.0 Å². The predicted molar refractivity (Wildman–Crippen MR) is 132 cm³/mol. The number of aryl methyl sites for hydroxylation is 1. The molecule has 1 aliphatic heterocycles. The van der Waals surface area contributed by atoms with Crippen molar-refractivity contribution in [3.63, 3.8) is 0 Å². The fraction of sp³-hybridized carbons (Fsp3) is 0.462. The summed E-state index contributed by atoms with van der Waals surface area (Å²) in [5, 5.41) is 0. The molecule has 2 aromatic carbocycles.